The van der Waals surface area contributed by atoms with E-state index in [1.165, 1.54) is 12.1 Å². The van der Waals surface area contributed by atoms with Crippen molar-refractivity contribution >= 4 is 21.8 Å². The fraction of sp³-hybridized carbons (Fsp3) is 0.375. The highest BCUT2D eigenvalue weighted by atomic mass is 32.2. The van der Waals surface area contributed by atoms with Crippen molar-refractivity contribution in [3.8, 4) is 0 Å². The molecule has 130 valence electrons. The Balaban J connectivity index is 1.93. The Kier molecular flexibility index (Phi) is 6.10. The molecule has 0 amide bonds. The number of nitrogens with zero attached hydrogens (tertiary/aromatic N) is 3. The van der Waals surface area contributed by atoms with E-state index in [0.29, 0.717) is 12.5 Å². The van der Waals surface area contributed by atoms with Crippen LogP contribution < -0.4 is 15.4 Å². The van der Waals surface area contributed by atoms with Crippen molar-refractivity contribution in [1.29, 1.82) is 0 Å². The first kappa shape index (κ1) is 18.2. The van der Waals surface area contributed by atoms with Crippen molar-refractivity contribution in [3.63, 3.8) is 0 Å². The number of hydrogen-bond acceptors (Lipinski definition) is 6. The molecule has 1 aromatic heterocycles. The van der Waals surface area contributed by atoms with Crippen molar-refractivity contribution < 1.29 is 8.42 Å². The summed E-state index contributed by atoms with van der Waals surface area (Å²) in [6, 6.07) is 8.44. The van der Waals surface area contributed by atoms with Crippen LogP contribution in [0.5, 0.6) is 0 Å². The van der Waals surface area contributed by atoms with Gasteiger partial charge < -0.3 is 10.2 Å². The van der Waals surface area contributed by atoms with E-state index in [2.05, 4.69) is 34.0 Å². The third-order valence-electron chi connectivity index (χ3n) is 3.68. The van der Waals surface area contributed by atoms with Crippen LogP contribution >= 0.6 is 0 Å². The van der Waals surface area contributed by atoms with E-state index in [1.807, 2.05) is 6.07 Å². The summed E-state index contributed by atoms with van der Waals surface area (Å²) in [7, 11) is -3.64. The number of primary sulfonamides is 1. The summed E-state index contributed by atoms with van der Waals surface area (Å²) in [5.74, 6) is 1.48. The van der Waals surface area contributed by atoms with Gasteiger partial charge in [-0.1, -0.05) is 12.1 Å². The Morgan fingerprint density at radius 1 is 1.12 bits per heavy atom. The fourth-order valence-corrected chi connectivity index (χ4v) is 2.84. The summed E-state index contributed by atoms with van der Waals surface area (Å²) < 4.78 is 22.4. The number of hydrogen-bond donors (Lipinski definition) is 2. The van der Waals surface area contributed by atoms with Gasteiger partial charge in [-0.2, -0.15) is 4.98 Å². The summed E-state index contributed by atoms with van der Waals surface area (Å²) in [6.07, 6.45) is 2.47. The molecule has 0 aliphatic rings. The Hall–Kier alpha value is -2.19. The third-order valence-corrected chi connectivity index (χ3v) is 4.61. The molecule has 8 heteroatoms. The van der Waals surface area contributed by atoms with Crippen molar-refractivity contribution in [2.24, 2.45) is 5.14 Å². The van der Waals surface area contributed by atoms with Crippen molar-refractivity contribution in [2.75, 3.05) is 29.9 Å². The van der Waals surface area contributed by atoms with Gasteiger partial charge in [-0.3, -0.25) is 0 Å². The van der Waals surface area contributed by atoms with Gasteiger partial charge in [0.1, 0.15) is 5.82 Å². The minimum Gasteiger partial charge on any atom is -0.357 e. The molecule has 0 fully saturated rings. The molecule has 24 heavy (non-hydrogen) atoms. The second kappa shape index (κ2) is 8.07. The van der Waals surface area contributed by atoms with Gasteiger partial charge >= 0.3 is 0 Å². The van der Waals surface area contributed by atoms with Crippen LogP contribution in [-0.2, 0) is 16.4 Å². The smallest absolute Gasteiger partial charge is 0.238 e. The molecule has 0 atom stereocenters. The van der Waals surface area contributed by atoms with Gasteiger partial charge in [0.05, 0.1) is 4.90 Å². The van der Waals surface area contributed by atoms with Gasteiger partial charge in [-0.15, -0.1) is 0 Å². The number of rotatable bonds is 8. The van der Waals surface area contributed by atoms with E-state index in [9.17, 15) is 8.42 Å². The van der Waals surface area contributed by atoms with Gasteiger partial charge in [0.2, 0.25) is 16.0 Å². The predicted octanol–water partition coefficient (Wildman–Crippen LogP) is 1.62. The molecule has 2 rings (SSSR count). The Bertz CT molecular complexity index is 758. The highest BCUT2D eigenvalue weighted by molar-refractivity contribution is 7.89. The zero-order chi connectivity index (χ0) is 17.6. The molecule has 0 aliphatic carbocycles. The van der Waals surface area contributed by atoms with E-state index >= 15 is 0 Å². The average molecular weight is 349 g/mol. The average Bonchev–Trinajstić information content (AvgIpc) is 2.56. The number of nitrogens with one attached hydrogen (secondary N) is 1. The summed E-state index contributed by atoms with van der Waals surface area (Å²) in [5.41, 5.74) is 1.01. The Morgan fingerprint density at radius 3 is 2.38 bits per heavy atom. The molecule has 0 aliphatic heterocycles. The number of sulfonamides is 1. The van der Waals surface area contributed by atoms with Crippen LogP contribution in [0.1, 0.15) is 19.4 Å². The minimum atomic E-state index is -3.64. The fourth-order valence-electron chi connectivity index (χ4n) is 2.32. The molecule has 0 unspecified atom stereocenters. The first-order valence-corrected chi connectivity index (χ1v) is 9.42. The largest absolute Gasteiger partial charge is 0.357 e. The van der Waals surface area contributed by atoms with Crippen LogP contribution in [0.2, 0.25) is 0 Å². The van der Waals surface area contributed by atoms with Crippen LogP contribution in [0.4, 0.5) is 11.8 Å². The normalized spacial score (nSPS) is 11.3. The Labute approximate surface area is 143 Å². The monoisotopic (exact) mass is 349 g/mol. The van der Waals surface area contributed by atoms with E-state index in [0.717, 1.165) is 30.9 Å². The maximum atomic E-state index is 11.2. The minimum absolute atomic E-state index is 0.120. The maximum absolute atomic E-state index is 11.2. The standard InChI is InChI=1S/C16H23N5O2S/c1-3-21(4-2)15-10-12-19-16(20-15)18-11-9-13-5-7-14(8-6-13)24(17,22)23/h5-8,10,12H,3-4,9,11H2,1-2H3,(H2,17,22,23)(H,18,19,20). The molecule has 0 spiro atoms. The van der Waals surface area contributed by atoms with Gasteiger partial charge in [0.25, 0.3) is 0 Å². The first-order valence-electron chi connectivity index (χ1n) is 7.87. The lowest BCUT2D eigenvalue weighted by Crippen LogP contribution is -2.23. The van der Waals surface area contributed by atoms with E-state index in [4.69, 9.17) is 5.14 Å². The highest BCUT2D eigenvalue weighted by Crippen LogP contribution is 2.12. The number of aromatic nitrogens is 2. The number of anilines is 2. The van der Waals surface area contributed by atoms with Crippen molar-refractivity contribution in [2.45, 2.75) is 25.2 Å². The SMILES string of the molecule is CCN(CC)c1ccnc(NCCc2ccc(S(N)(=O)=O)cc2)n1. The molecule has 1 aromatic carbocycles. The molecule has 1 heterocycles. The van der Waals surface area contributed by atoms with Crippen LogP contribution in [0.25, 0.3) is 0 Å². The first-order chi connectivity index (χ1) is 11.4. The van der Waals surface area contributed by atoms with Gasteiger partial charge in [0, 0.05) is 25.8 Å². The van der Waals surface area contributed by atoms with Gasteiger partial charge in [-0.05, 0) is 44.0 Å². The van der Waals surface area contributed by atoms with Gasteiger partial charge in [0.15, 0.2) is 0 Å². The van der Waals surface area contributed by atoms with Crippen LogP contribution in [-0.4, -0.2) is 38.0 Å². The zero-order valence-electron chi connectivity index (χ0n) is 13.9. The summed E-state index contributed by atoms with van der Waals surface area (Å²) in [4.78, 5) is 11.0. The van der Waals surface area contributed by atoms with Crippen molar-refractivity contribution in [1.82, 2.24) is 9.97 Å². The molecule has 0 bridgehead atoms. The van der Waals surface area contributed by atoms with Crippen LogP contribution in [0, 0.1) is 0 Å². The Morgan fingerprint density at radius 2 is 1.79 bits per heavy atom. The highest BCUT2D eigenvalue weighted by Gasteiger charge is 2.07. The van der Waals surface area contributed by atoms with Crippen LogP contribution in [0.3, 0.4) is 0 Å². The second-order valence-corrected chi connectivity index (χ2v) is 6.84. The molecule has 3 N–H and O–H groups in total. The molecular formula is C16H23N5O2S. The number of benzene rings is 1. The third kappa shape index (κ3) is 4.90. The van der Waals surface area contributed by atoms with E-state index < -0.39 is 10.0 Å². The topological polar surface area (TPSA) is 101 Å². The predicted molar refractivity (Wildman–Crippen MR) is 95.6 cm³/mol. The molecule has 2 aromatic rings. The lowest BCUT2D eigenvalue weighted by Gasteiger charge is -2.19. The van der Waals surface area contributed by atoms with Crippen LogP contribution in [0.15, 0.2) is 41.4 Å². The second-order valence-electron chi connectivity index (χ2n) is 5.28. The zero-order valence-corrected chi connectivity index (χ0v) is 14.8. The summed E-state index contributed by atoms with van der Waals surface area (Å²) in [5, 5.41) is 8.27. The maximum Gasteiger partial charge on any atom is 0.238 e. The van der Waals surface area contributed by atoms with E-state index in [1.54, 1.807) is 18.3 Å². The summed E-state index contributed by atoms with van der Waals surface area (Å²) in [6.45, 7) is 6.61. The molecular weight excluding hydrogens is 326 g/mol. The number of nitrogens with two attached hydrogens (primary N) is 1. The molecule has 0 saturated carbocycles. The molecule has 7 nitrogen and oxygen atoms in total. The lowest BCUT2D eigenvalue weighted by molar-refractivity contribution is 0.598. The summed E-state index contributed by atoms with van der Waals surface area (Å²) >= 11 is 0. The molecule has 0 saturated heterocycles. The quantitative estimate of drug-likeness (QED) is 0.751. The van der Waals surface area contributed by atoms with Gasteiger partial charge in [-0.25, -0.2) is 18.5 Å². The molecule has 0 radical (unpaired) electrons. The van der Waals surface area contributed by atoms with Crippen molar-refractivity contribution in [3.05, 3.63) is 42.1 Å². The van der Waals surface area contributed by atoms with E-state index in [-0.39, 0.29) is 4.90 Å². The lowest BCUT2D eigenvalue weighted by atomic mass is 10.1.